The van der Waals surface area contributed by atoms with Crippen LogP contribution in [0.2, 0.25) is 0 Å². The van der Waals surface area contributed by atoms with E-state index in [9.17, 15) is 0 Å². The smallest absolute Gasteiger partial charge is 0.249 e. The van der Waals surface area contributed by atoms with E-state index in [-0.39, 0.29) is 6.71 Å². The summed E-state index contributed by atoms with van der Waals surface area (Å²) >= 11 is 1.89. The normalized spacial score (nSPS) is 12.7. The van der Waals surface area contributed by atoms with E-state index < -0.39 is 0 Å². The molecule has 15 rings (SSSR count). The van der Waals surface area contributed by atoms with Crippen molar-refractivity contribution in [2.75, 3.05) is 4.90 Å². The van der Waals surface area contributed by atoms with Crippen LogP contribution in [0, 0.1) is 0 Å². The summed E-state index contributed by atoms with van der Waals surface area (Å²) in [5, 5.41) is 5.00. The molecule has 0 saturated heterocycles. The lowest BCUT2D eigenvalue weighted by Gasteiger charge is -2.42. The molecular weight excluding hydrogens is 880 g/mol. The summed E-state index contributed by atoms with van der Waals surface area (Å²) in [5.74, 6) is 0. The van der Waals surface area contributed by atoms with Gasteiger partial charge in [0, 0.05) is 70.8 Å². The van der Waals surface area contributed by atoms with Gasteiger partial charge >= 0.3 is 0 Å². The molecule has 0 unspecified atom stereocenters. The lowest BCUT2D eigenvalue weighted by Crippen LogP contribution is -2.60. The second-order valence-corrected chi connectivity index (χ2v) is 19.7. The SMILES string of the molecule is c1ccc(-c2cccc(-c3cc(-c4ccccc4)c4c5c3Sc3cc(-n6c7ccccc7c7ccccc76)ccc3B5c3ccc(-n5c6ccccc6c6ccccc65)cc3N4c3ccccc3)n2)cc1. The van der Waals surface area contributed by atoms with E-state index in [0.717, 1.165) is 50.8 Å². The first-order chi connectivity index (χ1) is 35.2. The van der Waals surface area contributed by atoms with E-state index >= 15 is 0 Å². The number of aromatic nitrogens is 3. The predicted molar refractivity (Wildman–Crippen MR) is 299 cm³/mol. The molecule has 2 aliphatic heterocycles. The number of hydrogen-bond donors (Lipinski definition) is 0. The highest BCUT2D eigenvalue weighted by Crippen LogP contribution is 2.50. The Labute approximate surface area is 415 Å². The average Bonchev–Trinajstić information content (AvgIpc) is 3.96. The third-order valence-electron chi connectivity index (χ3n) is 14.8. The minimum atomic E-state index is -0.0923. The Morgan fingerprint density at radius 2 is 0.859 bits per heavy atom. The average molecular weight is 921 g/mol. The van der Waals surface area contributed by atoms with Crippen LogP contribution in [0.5, 0.6) is 0 Å². The summed E-state index contributed by atoms with van der Waals surface area (Å²) in [7, 11) is 0. The maximum absolute atomic E-state index is 5.51. The molecule has 2 aliphatic rings. The molecule has 0 saturated carbocycles. The maximum atomic E-state index is 5.51. The lowest BCUT2D eigenvalue weighted by molar-refractivity contribution is 1.16. The second kappa shape index (κ2) is 15.9. The molecule has 13 aromatic rings. The van der Waals surface area contributed by atoms with Crippen molar-refractivity contribution in [3.05, 3.63) is 249 Å². The van der Waals surface area contributed by atoms with E-state index in [0.29, 0.717) is 0 Å². The number of rotatable bonds is 6. The van der Waals surface area contributed by atoms with Crippen LogP contribution in [0.4, 0.5) is 17.1 Å². The molecule has 71 heavy (non-hydrogen) atoms. The van der Waals surface area contributed by atoms with Gasteiger partial charge in [0.05, 0.1) is 39.1 Å². The zero-order chi connectivity index (χ0) is 46.6. The molecule has 0 fully saturated rings. The van der Waals surface area contributed by atoms with Gasteiger partial charge in [-0.3, -0.25) is 0 Å². The molecule has 4 nitrogen and oxygen atoms in total. The number of para-hydroxylation sites is 5. The minimum Gasteiger partial charge on any atom is -0.311 e. The standard InChI is InChI=1S/C65H41BN4S/c1-4-19-42(20-5-1)51-41-52(56-30-18-29-55(67-56)43-21-6-2-7-22-43)65-63-64(51)70(44-23-8-3-9-24-44)61-39-45(68-57-31-14-10-25-47(57)48-26-11-15-32-58(48)68)35-37-53(61)66(63)54-38-36-46(40-62(54)71-65)69-59-33-16-12-27-49(59)50-28-13-17-34-60(50)69/h1-41H. The molecular formula is C65H41BN4S. The van der Waals surface area contributed by atoms with Crippen molar-refractivity contribution < 1.29 is 0 Å². The Morgan fingerprint density at radius 3 is 1.45 bits per heavy atom. The van der Waals surface area contributed by atoms with Crippen LogP contribution in [0.3, 0.4) is 0 Å². The molecule has 10 aromatic carbocycles. The Morgan fingerprint density at radius 1 is 0.366 bits per heavy atom. The predicted octanol–water partition coefficient (Wildman–Crippen LogP) is 15.0. The summed E-state index contributed by atoms with van der Waals surface area (Å²) in [4.78, 5) is 10.5. The monoisotopic (exact) mass is 920 g/mol. The number of nitrogens with zero attached hydrogens (tertiary/aromatic N) is 4. The van der Waals surface area contributed by atoms with Gasteiger partial charge in [0.15, 0.2) is 0 Å². The first-order valence-corrected chi connectivity index (χ1v) is 25.1. The van der Waals surface area contributed by atoms with Crippen LogP contribution in [0.25, 0.3) is 88.6 Å². The highest BCUT2D eigenvalue weighted by Gasteiger charge is 2.44. The van der Waals surface area contributed by atoms with Gasteiger partial charge in [-0.2, -0.15) is 0 Å². The Balaban J connectivity index is 1.05. The fourth-order valence-electron chi connectivity index (χ4n) is 11.7. The third kappa shape index (κ3) is 6.11. The molecule has 5 heterocycles. The van der Waals surface area contributed by atoms with Gasteiger partial charge in [0.1, 0.15) is 0 Å². The molecule has 0 bridgehead atoms. The van der Waals surface area contributed by atoms with Crippen molar-refractivity contribution in [2.45, 2.75) is 9.79 Å². The number of hydrogen-bond acceptors (Lipinski definition) is 3. The molecule has 3 aromatic heterocycles. The molecule has 6 heteroatoms. The van der Waals surface area contributed by atoms with Crippen LogP contribution >= 0.6 is 11.8 Å². The van der Waals surface area contributed by atoms with Crippen LogP contribution < -0.4 is 21.3 Å². The molecule has 0 spiro atoms. The zero-order valence-electron chi connectivity index (χ0n) is 38.4. The van der Waals surface area contributed by atoms with Gasteiger partial charge in [0.25, 0.3) is 0 Å². The van der Waals surface area contributed by atoms with Crippen LogP contribution in [-0.2, 0) is 0 Å². The molecule has 0 radical (unpaired) electrons. The van der Waals surface area contributed by atoms with E-state index in [2.05, 4.69) is 263 Å². The molecule has 0 aliphatic carbocycles. The summed E-state index contributed by atoms with van der Waals surface area (Å²) in [5.41, 5.74) is 20.8. The van der Waals surface area contributed by atoms with Gasteiger partial charge < -0.3 is 14.0 Å². The summed E-state index contributed by atoms with van der Waals surface area (Å²) < 4.78 is 4.89. The third-order valence-corrected chi connectivity index (χ3v) is 16.0. The van der Waals surface area contributed by atoms with Crippen LogP contribution in [-0.4, -0.2) is 20.8 Å². The fraction of sp³-hybridized carbons (Fsp3) is 0. The van der Waals surface area contributed by atoms with Crippen molar-refractivity contribution in [3.63, 3.8) is 0 Å². The Kier molecular flexibility index (Phi) is 8.95. The fourth-order valence-corrected chi connectivity index (χ4v) is 13.0. The highest BCUT2D eigenvalue weighted by atomic mass is 32.2. The number of anilines is 3. The lowest BCUT2D eigenvalue weighted by atomic mass is 9.34. The van der Waals surface area contributed by atoms with Gasteiger partial charge in [-0.05, 0) is 95.4 Å². The molecule has 0 N–H and O–H groups in total. The first-order valence-electron chi connectivity index (χ1n) is 24.3. The molecule has 0 amide bonds. The van der Waals surface area contributed by atoms with E-state index in [1.54, 1.807) is 0 Å². The summed E-state index contributed by atoms with van der Waals surface area (Å²) in [6, 6.07) is 91.1. The Hall–Kier alpha value is -8.84. The van der Waals surface area contributed by atoms with E-state index in [1.807, 2.05) is 11.8 Å². The minimum absolute atomic E-state index is 0.0923. The van der Waals surface area contributed by atoms with E-state index in [1.165, 1.54) is 81.0 Å². The van der Waals surface area contributed by atoms with E-state index in [4.69, 9.17) is 4.98 Å². The van der Waals surface area contributed by atoms with Crippen molar-refractivity contribution in [1.29, 1.82) is 0 Å². The van der Waals surface area contributed by atoms with Gasteiger partial charge in [-0.1, -0.05) is 187 Å². The quantitative estimate of drug-likeness (QED) is 0.155. The van der Waals surface area contributed by atoms with Crippen molar-refractivity contribution >= 4 is 95.5 Å². The van der Waals surface area contributed by atoms with Gasteiger partial charge in [-0.15, -0.1) is 0 Å². The van der Waals surface area contributed by atoms with Crippen LogP contribution in [0.15, 0.2) is 259 Å². The number of fused-ring (bicyclic) bond motifs is 10. The maximum Gasteiger partial charge on any atom is 0.249 e. The first kappa shape index (κ1) is 40.1. The van der Waals surface area contributed by atoms with Gasteiger partial charge in [0.2, 0.25) is 6.71 Å². The number of pyridine rings is 1. The Bertz CT molecular complexity index is 4170. The van der Waals surface area contributed by atoms with Crippen molar-refractivity contribution in [2.24, 2.45) is 0 Å². The second-order valence-electron chi connectivity index (χ2n) is 18.6. The zero-order valence-corrected chi connectivity index (χ0v) is 39.3. The highest BCUT2D eigenvalue weighted by molar-refractivity contribution is 8.00. The largest absolute Gasteiger partial charge is 0.311 e. The topological polar surface area (TPSA) is 26.0 Å². The van der Waals surface area contributed by atoms with Gasteiger partial charge in [-0.25, -0.2) is 4.98 Å². The van der Waals surface area contributed by atoms with Crippen LogP contribution in [0.1, 0.15) is 0 Å². The van der Waals surface area contributed by atoms with Crippen molar-refractivity contribution in [3.8, 4) is 45.0 Å². The summed E-state index contributed by atoms with van der Waals surface area (Å²) in [6.07, 6.45) is 0. The summed E-state index contributed by atoms with van der Waals surface area (Å²) in [6.45, 7) is -0.0923. The molecule has 330 valence electrons. The number of benzene rings is 10. The molecule has 0 atom stereocenters. The van der Waals surface area contributed by atoms with Crippen molar-refractivity contribution in [1.82, 2.24) is 14.1 Å².